The minimum absolute atomic E-state index is 0. The second-order valence-corrected chi connectivity index (χ2v) is 18.4. The molecule has 0 spiro atoms. The van der Waals surface area contributed by atoms with Gasteiger partial charge >= 0.3 is 23.1 Å². The molecule has 2 aliphatic rings. The molecular formula is C48H68FeMgN2O4. The Balaban J connectivity index is 0.000000434. The Morgan fingerprint density at radius 3 is 1.00 bits per heavy atom. The van der Waals surface area contributed by atoms with Crippen LogP contribution in [0.4, 0.5) is 11.4 Å². The van der Waals surface area contributed by atoms with Crippen molar-refractivity contribution in [2.45, 2.75) is 130 Å². The van der Waals surface area contributed by atoms with E-state index in [0.717, 1.165) is 60.1 Å². The van der Waals surface area contributed by atoms with Gasteiger partial charge in [-0.15, -0.1) is 11.5 Å². The fourth-order valence-electron chi connectivity index (χ4n) is 5.78. The quantitative estimate of drug-likeness (QED) is 0.132. The monoisotopic (exact) mass is 816 g/mol. The number of hydrogen-bond acceptors (Lipinski definition) is 4. The number of ether oxygens (including phenoxy) is 2. The van der Waals surface area contributed by atoms with Gasteiger partial charge in [0.2, 0.25) is 0 Å². The van der Waals surface area contributed by atoms with E-state index < -0.39 is 0 Å². The summed E-state index contributed by atoms with van der Waals surface area (Å²) in [6.07, 6.45) is 8.75. The van der Waals surface area contributed by atoms with Crippen molar-refractivity contribution >= 4 is 46.9 Å². The SMILES string of the molecule is C1CCOC1.C1CCOC1.CC(C)(C)c1cc(C=[NH+][c-]2cccc2)c([O-])c(C(C)(C)C)c1.CC(C)(C)c1cc(C=[NH+][c-]2cccc2)c([O-])c(C(C)(C)C)c1.[Fe].[Mg+2]. The van der Waals surface area contributed by atoms with Crippen molar-refractivity contribution in [1.29, 1.82) is 0 Å². The third-order valence-electron chi connectivity index (χ3n) is 9.35. The molecule has 304 valence electrons. The van der Waals surface area contributed by atoms with Crippen molar-refractivity contribution in [2.24, 2.45) is 0 Å². The maximum Gasteiger partial charge on any atom is 2.00 e. The molecule has 4 aromatic rings. The minimum atomic E-state index is -0.165. The summed E-state index contributed by atoms with van der Waals surface area (Å²) in [6, 6.07) is 24.0. The Labute approximate surface area is 366 Å². The van der Waals surface area contributed by atoms with Crippen LogP contribution in [0.15, 0.2) is 72.8 Å². The van der Waals surface area contributed by atoms with Crippen LogP contribution >= 0.6 is 0 Å². The standard InChI is InChI=1S/2C20H27NO.2C4H8O.Fe.Mg/c2*1-19(2,3)15-11-14(13-21-16-9-7-8-10-16)18(22)17(12-15)20(4,5)6;2*1-2-4-5-3-1;;/h2*7-13,21-22H,1-6H3;2*1-4H2;;/q;;;;;+2/p-2. The fourth-order valence-corrected chi connectivity index (χ4v) is 5.78. The molecule has 0 radical (unpaired) electrons. The molecule has 0 aliphatic carbocycles. The van der Waals surface area contributed by atoms with E-state index in [0.29, 0.717) is 0 Å². The van der Waals surface area contributed by atoms with Crippen molar-refractivity contribution in [3.05, 3.63) is 106 Å². The molecule has 2 saturated heterocycles. The molecule has 6 nitrogen and oxygen atoms in total. The summed E-state index contributed by atoms with van der Waals surface area (Å²) in [4.78, 5) is 6.43. The van der Waals surface area contributed by atoms with E-state index in [-0.39, 0.29) is 73.3 Å². The first-order chi connectivity index (χ1) is 25.2. The van der Waals surface area contributed by atoms with Gasteiger partial charge in [0, 0.05) is 43.5 Å². The van der Waals surface area contributed by atoms with Gasteiger partial charge in [0.05, 0.1) is 0 Å². The maximum absolute atomic E-state index is 12.8. The number of rotatable bonds is 4. The van der Waals surface area contributed by atoms with Gasteiger partial charge in [-0.3, -0.25) is 9.98 Å². The van der Waals surface area contributed by atoms with Gasteiger partial charge in [-0.2, -0.15) is 24.3 Å². The zero-order valence-electron chi connectivity index (χ0n) is 36.4. The second-order valence-electron chi connectivity index (χ2n) is 18.4. The zero-order chi connectivity index (χ0) is 40.2. The Hall–Kier alpha value is -2.71. The van der Waals surface area contributed by atoms with E-state index in [1.807, 2.05) is 73.1 Å². The summed E-state index contributed by atoms with van der Waals surface area (Å²) in [7, 11) is 0. The molecule has 2 N–H and O–H groups in total. The molecular weight excluding hydrogens is 749 g/mol. The van der Waals surface area contributed by atoms with E-state index in [1.54, 1.807) is 0 Å². The van der Waals surface area contributed by atoms with Gasteiger partial charge in [-0.1, -0.05) is 143 Å². The summed E-state index contributed by atoms with van der Waals surface area (Å²) >= 11 is 0. The van der Waals surface area contributed by atoms with Crippen LogP contribution in [-0.2, 0) is 48.2 Å². The number of nitrogens with one attached hydrogen (secondary N) is 2. The molecule has 4 aromatic carbocycles. The van der Waals surface area contributed by atoms with Crippen LogP contribution in [0.25, 0.3) is 0 Å². The Kier molecular flexibility index (Phi) is 21.1. The molecule has 56 heavy (non-hydrogen) atoms. The van der Waals surface area contributed by atoms with Crippen LogP contribution in [0.5, 0.6) is 11.5 Å². The molecule has 2 heterocycles. The van der Waals surface area contributed by atoms with Gasteiger partial charge in [-0.25, -0.2) is 0 Å². The molecule has 0 amide bonds. The molecule has 2 fully saturated rings. The van der Waals surface area contributed by atoms with E-state index in [1.165, 1.54) is 36.8 Å². The first-order valence-electron chi connectivity index (χ1n) is 19.7. The van der Waals surface area contributed by atoms with Crippen molar-refractivity contribution < 1.29 is 46.7 Å². The van der Waals surface area contributed by atoms with Gasteiger partial charge in [0.25, 0.3) is 0 Å². The molecule has 0 saturated carbocycles. The summed E-state index contributed by atoms with van der Waals surface area (Å²) in [5.41, 5.74) is 7.24. The summed E-state index contributed by atoms with van der Waals surface area (Å²) in [5.74, 6) is 0.221. The Morgan fingerprint density at radius 2 is 0.786 bits per heavy atom. The number of benzene rings is 2. The zero-order valence-corrected chi connectivity index (χ0v) is 39.0. The molecule has 0 aromatic heterocycles. The molecule has 0 bridgehead atoms. The van der Waals surface area contributed by atoms with Crippen LogP contribution in [0, 0.1) is 0 Å². The third kappa shape index (κ3) is 17.0. The Morgan fingerprint density at radius 1 is 0.500 bits per heavy atom. The van der Waals surface area contributed by atoms with E-state index in [9.17, 15) is 10.2 Å². The molecule has 0 atom stereocenters. The Bertz CT molecular complexity index is 1610. The van der Waals surface area contributed by atoms with Gasteiger partial charge in [0.15, 0.2) is 0 Å². The average Bonchev–Trinajstić information content (AvgIpc) is 3.92. The first-order valence-corrected chi connectivity index (χ1v) is 19.7. The van der Waals surface area contributed by atoms with Crippen LogP contribution in [0.3, 0.4) is 0 Å². The van der Waals surface area contributed by atoms with Gasteiger partial charge < -0.3 is 19.7 Å². The fraction of sp³-hybridized carbons (Fsp3) is 0.500. The molecule has 8 heteroatoms. The summed E-state index contributed by atoms with van der Waals surface area (Å²) < 4.78 is 9.89. The van der Waals surface area contributed by atoms with Crippen LogP contribution in [0.1, 0.15) is 142 Å². The smallest absolute Gasteiger partial charge is 0.872 e. The van der Waals surface area contributed by atoms with Gasteiger partial charge in [-0.05, 0) is 69.6 Å². The van der Waals surface area contributed by atoms with E-state index in [2.05, 4.69) is 105 Å². The summed E-state index contributed by atoms with van der Waals surface area (Å²) in [6.45, 7) is 29.6. The van der Waals surface area contributed by atoms with Crippen molar-refractivity contribution in [2.75, 3.05) is 26.4 Å². The van der Waals surface area contributed by atoms with Crippen LogP contribution in [-0.4, -0.2) is 61.9 Å². The average molecular weight is 817 g/mol. The van der Waals surface area contributed by atoms with Crippen LogP contribution in [0.2, 0.25) is 0 Å². The largest absolute Gasteiger partial charge is 2.00 e. The molecule has 2 aliphatic heterocycles. The topological polar surface area (TPSA) is 92.5 Å². The van der Waals surface area contributed by atoms with Crippen molar-refractivity contribution in [3.63, 3.8) is 0 Å². The normalized spacial score (nSPS) is 14.5. The predicted octanol–water partition coefficient (Wildman–Crippen LogP) is 7.02. The molecule has 0 unspecified atom stereocenters. The van der Waals surface area contributed by atoms with E-state index in [4.69, 9.17) is 9.47 Å². The van der Waals surface area contributed by atoms with Crippen molar-refractivity contribution in [3.8, 4) is 11.5 Å². The first kappa shape index (κ1) is 51.3. The minimum Gasteiger partial charge on any atom is -0.872 e. The van der Waals surface area contributed by atoms with E-state index >= 15 is 0 Å². The maximum atomic E-state index is 12.8. The predicted molar refractivity (Wildman–Crippen MR) is 228 cm³/mol. The second kappa shape index (κ2) is 23.0. The van der Waals surface area contributed by atoms with Crippen molar-refractivity contribution in [1.82, 2.24) is 0 Å². The third-order valence-corrected chi connectivity index (χ3v) is 9.35. The number of hydrogen-bond donors (Lipinski definition) is 2. The summed E-state index contributed by atoms with van der Waals surface area (Å²) in [5, 5.41) is 25.6. The van der Waals surface area contributed by atoms with Gasteiger partial charge in [0.1, 0.15) is 23.8 Å². The molecule has 6 rings (SSSR count). The van der Waals surface area contributed by atoms with Crippen LogP contribution < -0.4 is 20.2 Å².